The Hall–Kier alpha value is -2.90. The monoisotopic (exact) mass is 452 g/mol. The molecule has 0 saturated heterocycles. The van der Waals surface area contributed by atoms with Gasteiger partial charge in [-0.3, -0.25) is 4.79 Å². The van der Waals surface area contributed by atoms with Gasteiger partial charge in [0, 0.05) is 24.7 Å². The van der Waals surface area contributed by atoms with Crippen LogP contribution in [0.2, 0.25) is 0 Å². The number of nitrogens with zero attached hydrogens (tertiary/aromatic N) is 2. The number of ether oxygens (including phenoxy) is 1. The topological polar surface area (TPSA) is 60.6 Å². The van der Waals surface area contributed by atoms with Crippen LogP contribution >= 0.6 is 12.2 Å². The third kappa shape index (κ3) is 6.55. The Balaban J connectivity index is 1.82. The number of thiocarbonyl (C=S) groups is 1. The molecule has 0 aliphatic rings. The molecular formula is C25H32N4O2S. The zero-order chi connectivity index (χ0) is 23.1. The molecule has 0 aliphatic carbocycles. The van der Waals surface area contributed by atoms with Crippen molar-refractivity contribution in [3.05, 3.63) is 75.6 Å². The summed E-state index contributed by atoms with van der Waals surface area (Å²) in [5, 5.41) is 4.97. The first kappa shape index (κ1) is 23.8. The molecule has 170 valence electrons. The molecule has 0 saturated carbocycles. The van der Waals surface area contributed by atoms with E-state index < -0.39 is 0 Å². The van der Waals surface area contributed by atoms with Crippen molar-refractivity contribution in [1.29, 1.82) is 0 Å². The van der Waals surface area contributed by atoms with Crippen molar-refractivity contribution in [3.8, 4) is 5.75 Å². The first-order valence-corrected chi connectivity index (χ1v) is 11.2. The molecule has 3 rings (SSSR count). The highest BCUT2D eigenvalue weighted by molar-refractivity contribution is 7.80. The second-order valence-corrected chi connectivity index (χ2v) is 8.69. The number of fused-ring (bicyclic) bond motifs is 1. The molecule has 0 fully saturated rings. The van der Waals surface area contributed by atoms with Gasteiger partial charge in [0.1, 0.15) is 5.75 Å². The lowest BCUT2D eigenvalue weighted by Crippen LogP contribution is -2.40. The maximum atomic E-state index is 12.8. The summed E-state index contributed by atoms with van der Waals surface area (Å²) < 4.78 is 5.27. The van der Waals surface area contributed by atoms with Gasteiger partial charge in [0.05, 0.1) is 19.2 Å². The smallest absolute Gasteiger partial charge is 0.253 e. The van der Waals surface area contributed by atoms with E-state index in [1.54, 1.807) is 7.11 Å². The number of rotatable bonds is 9. The van der Waals surface area contributed by atoms with E-state index in [1.807, 2.05) is 24.3 Å². The van der Waals surface area contributed by atoms with Gasteiger partial charge in [0.15, 0.2) is 5.11 Å². The van der Waals surface area contributed by atoms with E-state index in [4.69, 9.17) is 17.0 Å². The van der Waals surface area contributed by atoms with Crippen molar-refractivity contribution < 1.29 is 4.74 Å². The van der Waals surface area contributed by atoms with E-state index in [-0.39, 0.29) is 5.56 Å². The lowest BCUT2D eigenvalue weighted by molar-refractivity contribution is 0.383. The van der Waals surface area contributed by atoms with E-state index >= 15 is 0 Å². The number of aromatic nitrogens is 1. The van der Waals surface area contributed by atoms with Gasteiger partial charge in [0.25, 0.3) is 5.56 Å². The predicted octanol–water partition coefficient (Wildman–Crippen LogP) is 3.67. The van der Waals surface area contributed by atoms with Gasteiger partial charge in [-0.1, -0.05) is 29.8 Å². The fraction of sp³-hybridized carbons (Fsp3) is 0.360. The van der Waals surface area contributed by atoms with E-state index in [1.165, 1.54) is 5.56 Å². The Morgan fingerprint density at radius 1 is 1.09 bits per heavy atom. The highest BCUT2D eigenvalue weighted by atomic mass is 32.1. The molecule has 0 spiro atoms. The third-order valence-corrected chi connectivity index (χ3v) is 5.73. The summed E-state index contributed by atoms with van der Waals surface area (Å²) >= 11 is 5.72. The summed E-state index contributed by atoms with van der Waals surface area (Å²) in [4.78, 5) is 20.0. The average molecular weight is 453 g/mol. The zero-order valence-corrected chi connectivity index (χ0v) is 20.1. The molecule has 0 aliphatic heterocycles. The Morgan fingerprint density at radius 2 is 1.84 bits per heavy atom. The number of methoxy groups -OCH3 is 1. The second-order valence-electron chi connectivity index (χ2n) is 8.31. The summed E-state index contributed by atoms with van der Waals surface area (Å²) in [6.07, 6.45) is 0.990. The summed E-state index contributed by atoms with van der Waals surface area (Å²) in [7, 11) is 5.73. The third-order valence-electron chi connectivity index (χ3n) is 5.33. The molecule has 0 atom stereocenters. The maximum absolute atomic E-state index is 12.8. The van der Waals surface area contributed by atoms with Crippen molar-refractivity contribution in [2.24, 2.45) is 0 Å². The minimum absolute atomic E-state index is 0.116. The number of pyridine rings is 1. The number of H-pyrrole nitrogens is 1. The van der Waals surface area contributed by atoms with E-state index in [0.29, 0.717) is 29.5 Å². The largest absolute Gasteiger partial charge is 0.497 e. The van der Waals surface area contributed by atoms with Crippen molar-refractivity contribution in [2.45, 2.75) is 26.4 Å². The summed E-state index contributed by atoms with van der Waals surface area (Å²) in [6, 6.07) is 16.0. The number of benzene rings is 2. The summed E-state index contributed by atoms with van der Waals surface area (Å²) in [5.74, 6) is 0.713. The highest BCUT2D eigenvalue weighted by Crippen LogP contribution is 2.19. The van der Waals surface area contributed by atoms with Crippen LogP contribution in [-0.2, 0) is 13.1 Å². The van der Waals surface area contributed by atoms with Gasteiger partial charge in [-0.15, -0.1) is 0 Å². The maximum Gasteiger partial charge on any atom is 0.253 e. The standard InChI is InChI=1S/C25H32N4O2S/c1-18-6-8-19(9-7-18)16-29(25(32)26-12-5-13-28(2)3)17-21-14-20-10-11-22(31-4)15-23(20)27-24(21)30/h6-11,14-15H,5,12-13,16-17H2,1-4H3,(H,26,32)(H,27,30). The minimum atomic E-state index is -0.116. The van der Waals surface area contributed by atoms with Crippen LogP contribution in [0.4, 0.5) is 0 Å². The molecular weight excluding hydrogens is 420 g/mol. The average Bonchev–Trinajstić information content (AvgIpc) is 2.77. The van der Waals surface area contributed by atoms with Crippen LogP contribution in [-0.4, -0.2) is 54.2 Å². The van der Waals surface area contributed by atoms with Gasteiger partial charge in [-0.25, -0.2) is 0 Å². The van der Waals surface area contributed by atoms with Crippen molar-refractivity contribution in [2.75, 3.05) is 34.3 Å². The summed E-state index contributed by atoms with van der Waals surface area (Å²) in [5.41, 5.74) is 3.68. The van der Waals surface area contributed by atoms with E-state index in [0.717, 1.165) is 36.0 Å². The lowest BCUT2D eigenvalue weighted by Gasteiger charge is -2.26. The Labute approximate surface area is 195 Å². The number of nitrogens with one attached hydrogen (secondary N) is 2. The van der Waals surface area contributed by atoms with Crippen LogP contribution in [0.1, 0.15) is 23.1 Å². The molecule has 2 aromatic carbocycles. The van der Waals surface area contributed by atoms with Gasteiger partial charge < -0.3 is 24.8 Å². The highest BCUT2D eigenvalue weighted by Gasteiger charge is 2.14. The van der Waals surface area contributed by atoms with Crippen molar-refractivity contribution >= 4 is 28.2 Å². The Morgan fingerprint density at radius 3 is 2.53 bits per heavy atom. The molecule has 0 radical (unpaired) electrons. The van der Waals surface area contributed by atoms with Gasteiger partial charge in [-0.2, -0.15) is 0 Å². The first-order chi connectivity index (χ1) is 15.4. The van der Waals surface area contributed by atoms with E-state index in [9.17, 15) is 4.79 Å². The van der Waals surface area contributed by atoms with Crippen molar-refractivity contribution in [1.82, 2.24) is 20.1 Å². The second kappa shape index (κ2) is 11.1. The predicted molar refractivity (Wildman–Crippen MR) is 135 cm³/mol. The van der Waals surface area contributed by atoms with Gasteiger partial charge >= 0.3 is 0 Å². The molecule has 0 amide bonds. The van der Waals surface area contributed by atoms with Crippen LogP contribution in [0.5, 0.6) is 5.75 Å². The first-order valence-electron chi connectivity index (χ1n) is 10.8. The van der Waals surface area contributed by atoms with Gasteiger partial charge in [0.2, 0.25) is 0 Å². The fourth-order valence-electron chi connectivity index (χ4n) is 3.49. The molecule has 6 nitrogen and oxygen atoms in total. The fourth-order valence-corrected chi connectivity index (χ4v) is 3.72. The SMILES string of the molecule is COc1ccc2cc(CN(Cc3ccc(C)cc3)C(=S)NCCCN(C)C)c(=O)[nH]c2c1. The lowest BCUT2D eigenvalue weighted by atomic mass is 10.1. The van der Waals surface area contributed by atoms with Crippen LogP contribution < -0.4 is 15.6 Å². The molecule has 2 N–H and O–H groups in total. The molecule has 0 bridgehead atoms. The number of hydrogen-bond donors (Lipinski definition) is 2. The molecule has 0 unspecified atom stereocenters. The molecule has 1 aromatic heterocycles. The van der Waals surface area contributed by atoms with Crippen LogP contribution in [0.15, 0.2) is 53.3 Å². The number of hydrogen-bond acceptors (Lipinski definition) is 4. The number of aromatic amines is 1. The number of aryl methyl sites for hydroxylation is 1. The summed E-state index contributed by atoms with van der Waals surface area (Å²) in [6.45, 7) is 4.89. The molecule has 1 heterocycles. The van der Waals surface area contributed by atoms with Gasteiger partial charge in [-0.05, 0) is 75.4 Å². The molecule has 32 heavy (non-hydrogen) atoms. The zero-order valence-electron chi connectivity index (χ0n) is 19.3. The van der Waals surface area contributed by atoms with E-state index in [2.05, 4.69) is 65.4 Å². The molecule has 7 heteroatoms. The van der Waals surface area contributed by atoms with Crippen LogP contribution in [0.3, 0.4) is 0 Å². The van der Waals surface area contributed by atoms with Crippen molar-refractivity contribution in [3.63, 3.8) is 0 Å². The minimum Gasteiger partial charge on any atom is -0.497 e. The Bertz CT molecular complexity index is 1110. The normalized spacial score (nSPS) is 11.0. The van der Waals surface area contributed by atoms with Crippen LogP contribution in [0, 0.1) is 6.92 Å². The quantitative estimate of drug-likeness (QED) is 0.382. The Kier molecular flexibility index (Phi) is 8.25. The molecule has 3 aromatic rings. The van der Waals surface area contributed by atoms with Crippen LogP contribution in [0.25, 0.3) is 10.9 Å².